The molecule has 27 heavy (non-hydrogen) atoms. The summed E-state index contributed by atoms with van der Waals surface area (Å²) in [5, 5.41) is 6.96. The maximum absolute atomic E-state index is 13.5. The van der Waals surface area contributed by atoms with Gasteiger partial charge in [0.2, 0.25) is 0 Å². The van der Waals surface area contributed by atoms with Crippen LogP contribution in [0.2, 0.25) is 0 Å². The van der Waals surface area contributed by atoms with Gasteiger partial charge in [-0.15, -0.1) is 0 Å². The van der Waals surface area contributed by atoms with Crippen LogP contribution in [0.5, 0.6) is 0 Å². The summed E-state index contributed by atoms with van der Waals surface area (Å²) in [5.74, 6) is 0.623. The molecule has 1 aromatic carbocycles. The van der Waals surface area contributed by atoms with Gasteiger partial charge in [0.15, 0.2) is 5.96 Å². The van der Waals surface area contributed by atoms with Gasteiger partial charge in [-0.25, -0.2) is 4.39 Å². The lowest BCUT2D eigenvalue weighted by atomic mass is 9.84. The zero-order valence-corrected chi connectivity index (χ0v) is 17.2. The molecule has 6 heteroatoms. The SMILES string of the molecule is CN=C(NCC(C)(C)c1cccc(F)c1)NC1CCN(CCCOC)CC1. The minimum absolute atomic E-state index is 0.190. The van der Waals surface area contributed by atoms with Crippen molar-refractivity contribution in [2.45, 2.75) is 44.6 Å². The van der Waals surface area contributed by atoms with Crippen molar-refractivity contribution in [3.63, 3.8) is 0 Å². The fourth-order valence-electron chi connectivity index (χ4n) is 3.44. The number of likely N-dealkylation sites (tertiary alicyclic amines) is 1. The number of guanidine groups is 1. The Morgan fingerprint density at radius 1 is 1.33 bits per heavy atom. The van der Waals surface area contributed by atoms with Gasteiger partial charge in [0.05, 0.1) is 0 Å². The lowest BCUT2D eigenvalue weighted by molar-refractivity contribution is 0.155. The molecule has 0 saturated carbocycles. The fraction of sp³-hybridized carbons (Fsp3) is 0.667. The number of halogens is 1. The van der Waals surface area contributed by atoms with Gasteiger partial charge in [0, 0.05) is 58.4 Å². The van der Waals surface area contributed by atoms with Crippen LogP contribution in [0.25, 0.3) is 0 Å². The zero-order valence-electron chi connectivity index (χ0n) is 17.2. The number of hydrogen-bond donors (Lipinski definition) is 2. The van der Waals surface area contributed by atoms with Crippen molar-refractivity contribution >= 4 is 5.96 Å². The van der Waals surface area contributed by atoms with E-state index in [0.29, 0.717) is 12.6 Å². The van der Waals surface area contributed by atoms with E-state index in [4.69, 9.17) is 4.74 Å². The van der Waals surface area contributed by atoms with Crippen LogP contribution in [0.1, 0.15) is 38.7 Å². The van der Waals surface area contributed by atoms with Crippen molar-refractivity contribution in [3.05, 3.63) is 35.6 Å². The maximum atomic E-state index is 13.5. The Hall–Kier alpha value is -1.66. The molecule has 0 aromatic heterocycles. The first-order valence-electron chi connectivity index (χ1n) is 9.89. The summed E-state index contributed by atoms with van der Waals surface area (Å²) in [5.41, 5.74) is 0.791. The molecule has 1 aromatic rings. The summed E-state index contributed by atoms with van der Waals surface area (Å²) in [6, 6.07) is 7.26. The summed E-state index contributed by atoms with van der Waals surface area (Å²) >= 11 is 0. The van der Waals surface area contributed by atoms with Gasteiger partial charge in [-0.05, 0) is 37.0 Å². The Bertz CT molecular complexity index is 598. The normalized spacial score (nSPS) is 17.1. The van der Waals surface area contributed by atoms with E-state index in [1.54, 1.807) is 26.3 Å². The van der Waals surface area contributed by atoms with Gasteiger partial charge >= 0.3 is 0 Å². The van der Waals surface area contributed by atoms with Crippen LogP contribution in [0.3, 0.4) is 0 Å². The van der Waals surface area contributed by atoms with Crippen molar-refractivity contribution in [3.8, 4) is 0 Å². The molecule has 0 radical (unpaired) electrons. The molecule has 0 spiro atoms. The van der Waals surface area contributed by atoms with Crippen LogP contribution in [0, 0.1) is 5.82 Å². The lowest BCUT2D eigenvalue weighted by Crippen LogP contribution is -2.50. The van der Waals surface area contributed by atoms with Gasteiger partial charge in [-0.2, -0.15) is 0 Å². The molecule has 0 amide bonds. The predicted molar refractivity (Wildman–Crippen MR) is 110 cm³/mol. The second kappa shape index (κ2) is 10.6. The molecular formula is C21H35FN4O. The minimum Gasteiger partial charge on any atom is -0.385 e. The first-order chi connectivity index (χ1) is 12.9. The highest BCUT2D eigenvalue weighted by Gasteiger charge is 2.23. The van der Waals surface area contributed by atoms with Crippen molar-refractivity contribution in [1.29, 1.82) is 0 Å². The lowest BCUT2D eigenvalue weighted by Gasteiger charge is -2.33. The largest absolute Gasteiger partial charge is 0.385 e. The number of aliphatic imine (C=N–C) groups is 1. The van der Waals surface area contributed by atoms with E-state index in [1.165, 1.54) is 6.07 Å². The molecule has 1 heterocycles. The van der Waals surface area contributed by atoms with E-state index in [2.05, 4.69) is 34.4 Å². The standard InChI is InChI=1S/C21H35FN4O/c1-21(2,17-7-5-8-18(22)15-17)16-24-20(23-3)25-19-9-12-26(13-10-19)11-6-14-27-4/h5,7-8,15,19H,6,9-14,16H2,1-4H3,(H2,23,24,25). The molecule has 1 aliphatic rings. The van der Waals surface area contributed by atoms with E-state index >= 15 is 0 Å². The zero-order chi connectivity index (χ0) is 19.7. The molecular weight excluding hydrogens is 343 g/mol. The molecule has 2 N–H and O–H groups in total. The second-order valence-corrected chi connectivity index (χ2v) is 7.93. The molecule has 0 unspecified atom stereocenters. The molecule has 2 rings (SSSR count). The molecule has 0 atom stereocenters. The van der Waals surface area contributed by atoms with Gasteiger partial charge in [0.1, 0.15) is 5.82 Å². The van der Waals surface area contributed by atoms with Gasteiger partial charge < -0.3 is 20.3 Å². The first kappa shape index (κ1) is 21.6. The van der Waals surface area contributed by atoms with Crippen molar-refractivity contribution < 1.29 is 9.13 Å². The topological polar surface area (TPSA) is 48.9 Å². The molecule has 1 aliphatic heterocycles. The van der Waals surface area contributed by atoms with Crippen molar-refractivity contribution in [1.82, 2.24) is 15.5 Å². The van der Waals surface area contributed by atoms with Crippen LogP contribution in [-0.2, 0) is 10.2 Å². The Kier molecular flexibility index (Phi) is 8.51. The third-order valence-corrected chi connectivity index (χ3v) is 5.28. The van der Waals surface area contributed by atoms with Gasteiger partial charge in [-0.3, -0.25) is 4.99 Å². The van der Waals surface area contributed by atoms with E-state index in [0.717, 1.165) is 57.0 Å². The molecule has 152 valence electrons. The number of rotatable bonds is 8. The maximum Gasteiger partial charge on any atom is 0.191 e. The van der Waals surface area contributed by atoms with Crippen molar-refractivity contribution in [2.24, 2.45) is 4.99 Å². The van der Waals surface area contributed by atoms with Crippen LogP contribution in [0.4, 0.5) is 4.39 Å². The summed E-state index contributed by atoms with van der Waals surface area (Å²) in [4.78, 5) is 6.87. The van der Waals surface area contributed by atoms with Crippen LogP contribution >= 0.6 is 0 Å². The Balaban J connectivity index is 1.78. The third kappa shape index (κ3) is 7.11. The monoisotopic (exact) mass is 378 g/mol. The molecule has 5 nitrogen and oxygen atoms in total. The summed E-state index contributed by atoms with van der Waals surface area (Å²) in [7, 11) is 3.55. The van der Waals surface area contributed by atoms with Crippen LogP contribution in [0.15, 0.2) is 29.3 Å². The highest BCUT2D eigenvalue weighted by atomic mass is 19.1. The van der Waals surface area contributed by atoms with E-state index < -0.39 is 0 Å². The first-order valence-corrected chi connectivity index (χ1v) is 9.89. The number of ether oxygens (including phenoxy) is 1. The third-order valence-electron chi connectivity index (χ3n) is 5.28. The molecule has 1 fully saturated rings. The predicted octanol–water partition coefficient (Wildman–Crippen LogP) is 2.77. The number of nitrogens with zero attached hydrogens (tertiary/aromatic N) is 2. The Morgan fingerprint density at radius 2 is 2.07 bits per heavy atom. The number of methoxy groups -OCH3 is 1. The van der Waals surface area contributed by atoms with E-state index in [1.807, 2.05) is 6.07 Å². The average Bonchev–Trinajstić information content (AvgIpc) is 2.66. The molecule has 0 aliphatic carbocycles. The fourth-order valence-corrected chi connectivity index (χ4v) is 3.44. The van der Waals surface area contributed by atoms with Crippen LogP contribution in [-0.4, -0.2) is 63.8 Å². The number of piperidine rings is 1. The summed E-state index contributed by atoms with van der Waals surface area (Å²) in [6.45, 7) is 9.05. The number of benzene rings is 1. The van der Waals surface area contributed by atoms with Crippen molar-refractivity contribution in [2.75, 3.05) is 46.9 Å². The van der Waals surface area contributed by atoms with Gasteiger partial charge in [0.25, 0.3) is 0 Å². The van der Waals surface area contributed by atoms with Gasteiger partial charge in [-0.1, -0.05) is 26.0 Å². The second-order valence-electron chi connectivity index (χ2n) is 7.93. The smallest absolute Gasteiger partial charge is 0.191 e. The summed E-state index contributed by atoms with van der Waals surface area (Å²) < 4.78 is 18.7. The highest BCUT2D eigenvalue weighted by molar-refractivity contribution is 5.80. The molecule has 0 bridgehead atoms. The van der Waals surface area contributed by atoms with Crippen LogP contribution < -0.4 is 10.6 Å². The van der Waals surface area contributed by atoms with E-state index in [-0.39, 0.29) is 11.2 Å². The molecule has 1 saturated heterocycles. The number of hydrogen-bond acceptors (Lipinski definition) is 3. The Morgan fingerprint density at radius 3 is 2.70 bits per heavy atom. The summed E-state index contributed by atoms with van der Waals surface area (Å²) in [6.07, 6.45) is 3.31. The minimum atomic E-state index is -0.194. The highest BCUT2D eigenvalue weighted by Crippen LogP contribution is 2.22. The Labute approximate surface area is 163 Å². The van der Waals surface area contributed by atoms with E-state index in [9.17, 15) is 4.39 Å². The quantitative estimate of drug-likeness (QED) is 0.415. The number of nitrogens with one attached hydrogen (secondary N) is 2. The average molecular weight is 379 g/mol.